The summed E-state index contributed by atoms with van der Waals surface area (Å²) in [6.45, 7) is 5.12. The molecule has 1 unspecified atom stereocenters. The van der Waals surface area contributed by atoms with Gasteiger partial charge in [0, 0.05) is 29.9 Å². The fourth-order valence-electron chi connectivity index (χ4n) is 3.28. The zero-order valence-electron chi connectivity index (χ0n) is 14.3. The molecule has 0 amide bonds. The van der Waals surface area contributed by atoms with Gasteiger partial charge in [0.1, 0.15) is 0 Å². The Bertz CT molecular complexity index is 817. The second-order valence-electron chi connectivity index (χ2n) is 6.66. The molecule has 0 aliphatic carbocycles. The highest BCUT2D eigenvalue weighted by Gasteiger charge is 2.32. The Balaban J connectivity index is 1.59. The summed E-state index contributed by atoms with van der Waals surface area (Å²) in [5.41, 5.74) is 4.59. The normalized spacial score (nSPS) is 19.5. The van der Waals surface area contributed by atoms with Crippen molar-refractivity contribution in [2.24, 2.45) is 0 Å². The third-order valence-corrected chi connectivity index (χ3v) is 5.87. The van der Waals surface area contributed by atoms with Gasteiger partial charge in [0.2, 0.25) is 0 Å². The lowest BCUT2D eigenvalue weighted by molar-refractivity contribution is 0.438. The zero-order chi connectivity index (χ0) is 18.0. The maximum absolute atomic E-state index is 6.29. The van der Waals surface area contributed by atoms with Crippen LogP contribution in [0.3, 0.4) is 0 Å². The summed E-state index contributed by atoms with van der Waals surface area (Å²) in [6, 6.07) is 11.9. The van der Waals surface area contributed by atoms with Crippen molar-refractivity contribution in [1.82, 2.24) is 10.6 Å². The number of rotatable bonds is 5. The number of hydrogen-bond acceptors (Lipinski definition) is 2. The Morgan fingerprint density at radius 2 is 1.88 bits per heavy atom. The standard InChI is InChI=1S/C20H21Cl3N2/c1-13-16(4-3-5-17(13)21)20(2)11-15(12-25-20)24-9-8-14-6-7-18(22)19(23)10-14/h3-7,10,12,24-25H,8-9,11H2,1-2H3. The first kappa shape index (κ1) is 18.4. The van der Waals surface area contributed by atoms with E-state index in [9.17, 15) is 0 Å². The molecule has 0 saturated carbocycles. The number of halogens is 3. The van der Waals surface area contributed by atoms with E-state index in [4.69, 9.17) is 34.8 Å². The van der Waals surface area contributed by atoms with E-state index in [0.717, 1.165) is 30.0 Å². The molecule has 5 heteroatoms. The molecule has 3 rings (SSSR count). The predicted octanol–water partition coefficient (Wildman–Crippen LogP) is 5.84. The Hall–Kier alpha value is -1.35. The zero-order valence-corrected chi connectivity index (χ0v) is 16.6. The van der Waals surface area contributed by atoms with E-state index in [2.05, 4.69) is 36.7 Å². The molecule has 0 fully saturated rings. The third kappa shape index (κ3) is 4.08. The van der Waals surface area contributed by atoms with Crippen LogP contribution < -0.4 is 10.6 Å². The van der Waals surface area contributed by atoms with Gasteiger partial charge in [0.05, 0.1) is 15.6 Å². The summed E-state index contributed by atoms with van der Waals surface area (Å²) in [4.78, 5) is 0. The van der Waals surface area contributed by atoms with E-state index >= 15 is 0 Å². The van der Waals surface area contributed by atoms with Crippen molar-refractivity contribution in [3.63, 3.8) is 0 Å². The molecule has 0 bridgehead atoms. The molecule has 0 spiro atoms. The number of nitrogens with one attached hydrogen (secondary N) is 2. The first-order valence-electron chi connectivity index (χ1n) is 8.29. The van der Waals surface area contributed by atoms with Gasteiger partial charge in [-0.05, 0) is 55.2 Å². The predicted molar refractivity (Wildman–Crippen MR) is 108 cm³/mol. The average molecular weight is 396 g/mol. The summed E-state index contributed by atoms with van der Waals surface area (Å²) in [5, 5.41) is 9.02. The lowest BCUT2D eigenvalue weighted by Gasteiger charge is -2.28. The Labute approximate surface area is 164 Å². The van der Waals surface area contributed by atoms with Crippen molar-refractivity contribution in [3.05, 3.63) is 80.1 Å². The highest BCUT2D eigenvalue weighted by Crippen LogP contribution is 2.35. The van der Waals surface area contributed by atoms with Crippen molar-refractivity contribution in [2.75, 3.05) is 6.54 Å². The van der Waals surface area contributed by atoms with Crippen LogP contribution in [0, 0.1) is 6.92 Å². The van der Waals surface area contributed by atoms with Crippen molar-refractivity contribution in [1.29, 1.82) is 0 Å². The first-order chi connectivity index (χ1) is 11.9. The molecular weight excluding hydrogens is 375 g/mol. The molecule has 1 heterocycles. The Morgan fingerprint density at radius 1 is 1.08 bits per heavy atom. The second-order valence-corrected chi connectivity index (χ2v) is 7.88. The highest BCUT2D eigenvalue weighted by atomic mass is 35.5. The minimum Gasteiger partial charge on any atom is -0.387 e. The molecule has 0 aromatic heterocycles. The molecule has 1 aliphatic heterocycles. The van der Waals surface area contributed by atoms with Gasteiger partial charge in [-0.15, -0.1) is 0 Å². The molecule has 0 saturated heterocycles. The summed E-state index contributed by atoms with van der Waals surface area (Å²) in [6.07, 6.45) is 3.85. The molecule has 1 aliphatic rings. The van der Waals surface area contributed by atoms with Crippen LogP contribution in [0.2, 0.25) is 15.1 Å². The van der Waals surface area contributed by atoms with Gasteiger partial charge in [-0.1, -0.05) is 53.0 Å². The maximum atomic E-state index is 6.29. The molecule has 2 aromatic rings. The molecular formula is C20H21Cl3N2. The van der Waals surface area contributed by atoms with Crippen LogP contribution >= 0.6 is 34.8 Å². The van der Waals surface area contributed by atoms with Crippen LogP contribution in [-0.2, 0) is 12.0 Å². The van der Waals surface area contributed by atoms with Gasteiger partial charge in [-0.25, -0.2) is 0 Å². The van der Waals surface area contributed by atoms with Crippen LogP contribution in [0.4, 0.5) is 0 Å². The van der Waals surface area contributed by atoms with Gasteiger partial charge < -0.3 is 10.6 Å². The average Bonchev–Trinajstić information content (AvgIpc) is 2.96. The van der Waals surface area contributed by atoms with Crippen LogP contribution in [-0.4, -0.2) is 6.54 Å². The van der Waals surface area contributed by atoms with E-state index in [1.54, 1.807) is 0 Å². The monoisotopic (exact) mass is 394 g/mol. The lowest BCUT2D eigenvalue weighted by Crippen LogP contribution is -2.33. The summed E-state index contributed by atoms with van der Waals surface area (Å²) >= 11 is 18.3. The van der Waals surface area contributed by atoms with Crippen LogP contribution in [0.5, 0.6) is 0 Å². The highest BCUT2D eigenvalue weighted by molar-refractivity contribution is 6.42. The van der Waals surface area contributed by atoms with E-state index in [1.807, 2.05) is 30.3 Å². The number of hydrogen-bond donors (Lipinski definition) is 2. The quantitative estimate of drug-likeness (QED) is 0.665. The van der Waals surface area contributed by atoms with Crippen LogP contribution in [0.1, 0.15) is 30.0 Å². The summed E-state index contributed by atoms with van der Waals surface area (Å²) in [7, 11) is 0. The topological polar surface area (TPSA) is 24.1 Å². The van der Waals surface area contributed by atoms with E-state index in [-0.39, 0.29) is 5.54 Å². The fraction of sp³-hybridized carbons (Fsp3) is 0.300. The van der Waals surface area contributed by atoms with Crippen LogP contribution in [0.25, 0.3) is 0 Å². The second kappa shape index (κ2) is 7.49. The van der Waals surface area contributed by atoms with Crippen molar-refractivity contribution >= 4 is 34.8 Å². The molecule has 2 nitrogen and oxygen atoms in total. The minimum atomic E-state index is -0.138. The number of benzene rings is 2. The molecule has 1 atom stereocenters. The minimum absolute atomic E-state index is 0.138. The van der Waals surface area contributed by atoms with E-state index in [0.29, 0.717) is 10.0 Å². The van der Waals surface area contributed by atoms with Crippen LogP contribution in [0.15, 0.2) is 48.3 Å². The molecule has 2 N–H and O–H groups in total. The SMILES string of the molecule is Cc1c(Cl)cccc1C1(C)CC(NCCc2ccc(Cl)c(Cl)c2)=CN1. The van der Waals surface area contributed by atoms with Gasteiger partial charge in [-0.3, -0.25) is 0 Å². The maximum Gasteiger partial charge on any atom is 0.0650 e. The van der Waals surface area contributed by atoms with Crippen molar-refractivity contribution in [3.8, 4) is 0 Å². The van der Waals surface area contributed by atoms with Gasteiger partial charge in [-0.2, -0.15) is 0 Å². The summed E-state index contributed by atoms with van der Waals surface area (Å²) in [5.74, 6) is 0. The van der Waals surface area contributed by atoms with Crippen molar-refractivity contribution < 1.29 is 0 Å². The Morgan fingerprint density at radius 3 is 2.64 bits per heavy atom. The van der Waals surface area contributed by atoms with Gasteiger partial charge >= 0.3 is 0 Å². The molecule has 2 aromatic carbocycles. The largest absolute Gasteiger partial charge is 0.387 e. The lowest BCUT2D eigenvalue weighted by atomic mass is 9.86. The molecule has 132 valence electrons. The van der Waals surface area contributed by atoms with Gasteiger partial charge in [0.15, 0.2) is 0 Å². The summed E-state index contributed by atoms with van der Waals surface area (Å²) < 4.78 is 0. The molecule has 0 radical (unpaired) electrons. The smallest absolute Gasteiger partial charge is 0.0650 e. The van der Waals surface area contributed by atoms with E-state index in [1.165, 1.54) is 16.8 Å². The van der Waals surface area contributed by atoms with E-state index < -0.39 is 0 Å². The third-order valence-electron chi connectivity index (χ3n) is 4.72. The Kier molecular flexibility index (Phi) is 5.52. The van der Waals surface area contributed by atoms with Gasteiger partial charge in [0.25, 0.3) is 0 Å². The fourth-order valence-corrected chi connectivity index (χ4v) is 3.78. The molecule has 25 heavy (non-hydrogen) atoms. The first-order valence-corrected chi connectivity index (χ1v) is 9.42. The van der Waals surface area contributed by atoms with Crippen molar-refractivity contribution in [2.45, 2.75) is 32.2 Å².